The van der Waals surface area contributed by atoms with Crippen LogP contribution in [0.2, 0.25) is 0 Å². The predicted octanol–water partition coefficient (Wildman–Crippen LogP) is 3.12. The summed E-state index contributed by atoms with van der Waals surface area (Å²) in [6, 6.07) is 5.56. The first-order chi connectivity index (χ1) is 13.0. The second kappa shape index (κ2) is 8.86. The molecule has 1 aromatic carbocycles. The number of nitrogens with zero attached hydrogens (tertiary/aromatic N) is 4. The first-order valence-corrected chi connectivity index (χ1v) is 9.66. The van der Waals surface area contributed by atoms with Gasteiger partial charge in [0.25, 0.3) is 4.84 Å². The zero-order chi connectivity index (χ0) is 19.4. The van der Waals surface area contributed by atoms with E-state index in [4.69, 9.17) is 26.1 Å². The molecule has 1 aromatic heterocycles. The quantitative estimate of drug-likeness (QED) is 0.671. The maximum atomic E-state index is 5.72. The highest BCUT2D eigenvalue weighted by molar-refractivity contribution is 7.71. The highest BCUT2D eigenvalue weighted by Crippen LogP contribution is 2.31. The topological polar surface area (TPSA) is 55.9 Å². The van der Waals surface area contributed by atoms with Crippen molar-refractivity contribution < 1.29 is 13.9 Å². The lowest BCUT2D eigenvalue weighted by molar-refractivity contribution is 0.0944. The molecule has 0 saturated carbocycles. The summed E-state index contributed by atoms with van der Waals surface area (Å²) in [7, 11) is 3.22. The third-order valence-electron chi connectivity index (χ3n) is 4.66. The number of piperazine rings is 1. The Hall–Kier alpha value is -1.90. The minimum atomic E-state index is 0.379. The number of benzene rings is 1. The first kappa shape index (κ1) is 19.9. The Morgan fingerprint density at radius 1 is 1.07 bits per heavy atom. The highest BCUT2D eigenvalue weighted by atomic mass is 32.1. The molecule has 8 heteroatoms. The molecule has 0 aliphatic carbocycles. The lowest BCUT2D eigenvalue weighted by Gasteiger charge is -2.35. The maximum Gasteiger partial charge on any atom is 0.288 e. The van der Waals surface area contributed by atoms with Gasteiger partial charge in [-0.2, -0.15) is 0 Å². The molecule has 1 fully saturated rings. The van der Waals surface area contributed by atoms with Crippen molar-refractivity contribution in [2.24, 2.45) is 5.92 Å². The molecule has 0 amide bonds. The molecular formula is C19H28N4O3S. The summed E-state index contributed by atoms with van der Waals surface area (Å²) in [5.41, 5.74) is 0.805. The lowest BCUT2D eigenvalue weighted by atomic mass is 10.2. The molecular weight excluding hydrogens is 364 g/mol. The van der Waals surface area contributed by atoms with Crippen LogP contribution in [-0.4, -0.2) is 66.5 Å². The van der Waals surface area contributed by atoms with Crippen molar-refractivity contribution in [2.45, 2.75) is 20.5 Å². The van der Waals surface area contributed by atoms with Crippen molar-refractivity contribution in [2.75, 3.05) is 46.9 Å². The minimum Gasteiger partial charge on any atom is -0.493 e. The average molecular weight is 393 g/mol. The Balaban J connectivity index is 1.68. The molecule has 0 spiro atoms. The predicted molar refractivity (Wildman–Crippen MR) is 107 cm³/mol. The SMILES string of the molecule is COc1ccc(-c2nn(CN3CCN(CC(C)C)CC3)c(=S)o2)cc1OC. The smallest absolute Gasteiger partial charge is 0.288 e. The van der Waals surface area contributed by atoms with Crippen LogP contribution in [0.25, 0.3) is 11.5 Å². The van der Waals surface area contributed by atoms with Gasteiger partial charge in [-0.25, -0.2) is 4.68 Å². The van der Waals surface area contributed by atoms with Crippen LogP contribution in [0, 0.1) is 10.8 Å². The second-order valence-corrected chi connectivity index (χ2v) is 7.55. The lowest BCUT2D eigenvalue weighted by Crippen LogP contribution is -2.47. The molecule has 7 nitrogen and oxygen atoms in total. The van der Waals surface area contributed by atoms with Gasteiger partial charge in [0, 0.05) is 38.3 Å². The molecule has 0 unspecified atom stereocenters. The van der Waals surface area contributed by atoms with Crippen LogP contribution in [0.15, 0.2) is 22.6 Å². The van der Waals surface area contributed by atoms with E-state index < -0.39 is 0 Å². The van der Waals surface area contributed by atoms with Crippen molar-refractivity contribution in [1.82, 2.24) is 19.6 Å². The zero-order valence-corrected chi connectivity index (χ0v) is 17.3. The molecule has 0 atom stereocenters. The summed E-state index contributed by atoms with van der Waals surface area (Å²) in [5.74, 6) is 2.48. The molecule has 0 bridgehead atoms. The van der Waals surface area contributed by atoms with Gasteiger partial charge in [0.15, 0.2) is 11.5 Å². The number of aromatic nitrogens is 2. The monoisotopic (exact) mass is 392 g/mol. The molecule has 0 radical (unpaired) electrons. The maximum absolute atomic E-state index is 5.72. The van der Waals surface area contributed by atoms with E-state index in [0.717, 1.165) is 38.3 Å². The van der Waals surface area contributed by atoms with E-state index in [0.29, 0.717) is 34.8 Å². The Kier molecular flexibility index (Phi) is 6.51. The van der Waals surface area contributed by atoms with E-state index in [1.807, 2.05) is 18.2 Å². The van der Waals surface area contributed by atoms with Gasteiger partial charge in [0.05, 0.1) is 20.9 Å². The molecule has 1 saturated heterocycles. The van der Waals surface area contributed by atoms with Gasteiger partial charge in [-0.15, -0.1) is 5.10 Å². The summed E-state index contributed by atoms with van der Waals surface area (Å²) >= 11 is 5.37. The van der Waals surface area contributed by atoms with Crippen LogP contribution < -0.4 is 9.47 Å². The summed E-state index contributed by atoms with van der Waals surface area (Å²) in [5, 5.41) is 4.57. The van der Waals surface area contributed by atoms with Crippen molar-refractivity contribution in [3.8, 4) is 23.0 Å². The third-order valence-corrected chi connectivity index (χ3v) is 4.95. The number of hydrogen-bond donors (Lipinski definition) is 0. The van der Waals surface area contributed by atoms with E-state index in [1.54, 1.807) is 18.9 Å². The van der Waals surface area contributed by atoms with Gasteiger partial charge in [-0.1, -0.05) is 13.8 Å². The zero-order valence-electron chi connectivity index (χ0n) is 16.5. The van der Waals surface area contributed by atoms with Gasteiger partial charge in [-0.05, 0) is 36.3 Å². The Bertz CT molecular complexity index is 810. The van der Waals surface area contributed by atoms with Crippen molar-refractivity contribution in [3.63, 3.8) is 0 Å². The normalized spacial score (nSPS) is 16.0. The van der Waals surface area contributed by atoms with Crippen LogP contribution in [0.5, 0.6) is 11.5 Å². The molecule has 148 valence electrons. The van der Waals surface area contributed by atoms with E-state index in [1.165, 1.54) is 0 Å². The number of rotatable bonds is 7. The second-order valence-electron chi connectivity index (χ2n) is 7.20. The van der Waals surface area contributed by atoms with Gasteiger partial charge in [0.2, 0.25) is 5.89 Å². The van der Waals surface area contributed by atoms with Crippen LogP contribution >= 0.6 is 12.2 Å². The summed E-state index contributed by atoms with van der Waals surface area (Å²) in [6.45, 7) is 10.5. The van der Waals surface area contributed by atoms with Gasteiger partial charge >= 0.3 is 0 Å². The number of hydrogen-bond acceptors (Lipinski definition) is 7. The Morgan fingerprint density at radius 3 is 2.37 bits per heavy atom. The van der Waals surface area contributed by atoms with Gasteiger partial charge < -0.3 is 18.8 Å². The Morgan fingerprint density at radius 2 is 1.74 bits per heavy atom. The van der Waals surface area contributed by atoms with Gasteiger partial charge in [-0.3, -0.25) is 4.90 Å². The number of ether oxygens (including phenoxy) is 2. The van der Waals surface area contributed by atoms with Gasteiger partial charge in [0.1, 0.15) is 0 Å². The van der Waals surface area contributed by atoms with E-state index in [-0.39, 0.29) is 0 Å². The van der Waals surface area contributed by atoms with Crippen molar-refractivity contribution in [1.29, 1.82) is 0 Å². The number of methoxy groups -OCH3 is 2. The fraction of sp³-hybridized carbons (Fsp3) is 0.579. The largest absolute Gasteiger partial charge is 0.493 e. The van der Waals surface area contributed by atoms with E-state index in [2.05, 4.69) is 28.7 Å². The van der Waals surface area contributed by atoms with Crippen LogP contribution in [-0.2, 0) is 6.67 Å². The first-order valence-electron chi connectivity index (χ1n) is 9.25. The van der Waals surface area contributed by atoms with Crippen LogP contribution in [0.1, 0.15) is 13.8 Å². The minimum absolute atomic E-state index is 0.379. The molecule has 2 aromatic rings. The molecule has 0 N–H and O–H groups in total. The average Bonchev–Trinajstić information content (AvgIpc) is 3.02. The highest BCUT2D eigenvalue weighted by Gasteiger charge is 2.19. The molecule has 2 heterocycles. The van der Waals surface area contributed by atoms with E-state index in [9.17, 15) is 0 Å². The molecule has 27 heavy (non-hydrogen) atoms. The van der Waals surface area contributed by atoms with Crippen molar-refractivity contribution in [3.05, 3.63) is 23.0 Å². The van der Waals surface area contributed by atoms with Crippen LogP contribution in [0.4, 0.5) is 0 Å². The van der Waals surface area contributed by atoms with Crippen LogP contribution in [0.3, 0.4) is 0 Å². The summed E-state index contributed by atoms with van der Waals surface area (Å²) in [6.07, 6.45) is 0. The molecule has 3 rings (SSSR count). The fourth-order valence-corrected chi connectivity index (χ4v) is 3.48. The standard InChI is InChI=1S/C19H28N4O3S/c1-14(2)12-21-7-9-22(10-8-21)13-23-19(27)26-18(20-23)15-5-6-16(24-3)17(11-15)25-4/h5-6,11,14H,7-10,12-13H2,1-4H3. The fourth-order valence-electron chi connectivity index (χ4n) is 3.30. The van der Waals surface area contributed by atoms with E-state index >= 15 is 0 Å². The third kappa shape index (κ3) is 4.88. The Labute approximate surface area is 165 Å². The van der Waals surface area contributed by atoms with Crippen molar-refractivity contribution >= 4 is 12.2 Å². The molecule has 1 aliphatic rings. The molecule has 1 aliphatic heterocycles. The summed E-state index contributed by atoms with van der Waals surface area (Å²) in [4.78, 5) is 5.25. The summed E-state index contributed by atoms with van der Waals surface area (Å²) < 4.78 is 18.1.